The van der Waals surface area contributed by atoms with Gasteiger partial charge in [0.25, 0.3) is 5.91 Å². The van der Waals surface area contributed by atoms with Crippen LogP contribution in [-0.2, 0) is 21.3 Å². The van der Waals surface area contributed by atoms with Crippen molar-refractivity contribution in [2.75, 3.05) is 26.8 Å². The Labute approximate surface area is 198 Å². The molecule has 4 rings (SSSR count). The normalized spacial score (nSPS) is 20.4. The highest BCUT2D eigenvalue weighted by atomic mass is 32.2. The third-order valence-corrected chi connectivity index (χ3v) is 8.78. The van der Waals surface area contributed by atoms with E-state index in [1.807, 2.05) is 28.8 Å². The number of para-hydroxylation sites is 1. The van der Waals surface area contributed by atoms with E-state index in [9.17, 15) is 13.2 Å². The summed E-state index contributed by atoms with van der Waals surface area (Å²) >= 11 is 1.44. The van der Waals surface area contributed by atoms with Crippen molar-refractivity contribution in [1.82, 2.24) is 8.87 Å². The molecule has 33 heavy (non-hydrogen) atoms. The molecule has 1 aromatic heterocycles. The molecule has 0 spiro atoms. The molecule has 2 unspecified atom stereocenters. The molecule has 1 saturated heterocycles. The number of piperidine rings is 1. The Morgan fingerprint density at radius 3 is 2.42 bits per heavy atom. The van der Waals surface area contributed by atoms with Gasteiger partial charge in [0.15, 0.2) is 4.80 Å². The van der Waals surface area contributed by atoms with Gasteiger partial charge in [-0.3, -0.25) is 4.79 Å². The minimum Gasteiger partial charge on any atom is -0.383 e. The van der Waals surface area contributed by atoms with E-state index in [1.165, 1.54) is 23.5 Å². The highest BCUT2D eigenvalue weighted by Crippen LogP contribution is 2.27. The van der Waals surface area contributed by atoms with Gasteiger partial charge in [-0.15, -0.1) is 0 Å². The molecular weight excluding hydrogens is 458 g/mol. The lowest BCUT2D eigenvalue weighted by molar-refractivity contribution is 0.0997. The van der Waals surface area contributed by atoms with Crippen LogP contribution in [0, 0.1) is 11.8 Å². The predicted octanol–water partition coefficient (Wildman–Crippen LogP) is 3.76. The fourth-order valence-corrected chi connectivity index (χ4v) is 7.11. The van der Waals surface area contributed by atoms with Crippen LogP contribution >= 0.6 is 11.3 Å². The van der Waals surface area contributed by atoms with Gasteiger partial charge in [-0.1, -0.05) is 37.3 Å². The average molecular weight is 488 g/mol. The lowest BCUT2D eigenvalue weighted by Gasteiger charge is -2.34. The number of amides is 1. The molecule has 0 aliphatic carbocycles. The Kier molecular flexibility index (Phi) is 7.13. The van der Waals surface area contributed by atoms with Crippen molar-refractivity contribution in [3.05, 3.63) is 58.9 Å². The van der Waals surface area contributed by atoms with Gasteiger partial charge < -0.3 is 9.30 Å². The van der Waals surface area contributed by atoms with Gasteiger partial charge in [0.2, 0.25) is 10.0 Å². The highest BCUT2D eigenvalue weighted by Gasteiger charge is 2.31. The number of methoxy groups -OCH3 is 1. The standard InChI is InChI=1S/C24H29N3O4S2/c1-17-14-18(2)16-26(15-17)33(29,30)20-10-8-19(9-11-20)23(28)25-24-27(12-13-31-3)21-6-4-5-7-22(21)32-24/h4-11,17-18H,12-16H2,1-3H3. The van der Waals surface area contributed by atoms with Gasteiger partial charge >= 0.3 is 0 Å². The minimum atomic E-state index is -3.59. The SMILES string of the molecule is COCCn1c(=NC(=O)c2ccc(S(=O)(=O)N3CC(C)CC(C)C3)cc2)sc2ccccc21. The molecule has 0 radical (unpaired) electrons. The van der Waals surface area contributed by atoms with Gasteiger partial charge in [0.05, 0.1) is 21.7 Å². The molecule has 9 heteroatoms. The summed E-state index contributed by atoms with van der Waals surface area (Å²) in [4.78, 5) is 18.0. The Bertz CT molecular complexity index is 1300. The molecule has 176 valence electrons. The van der Waals surface area contributed by atoms with Crippen LogP contribution in [0.1, 0.15) is 30.6 Å². The van der Waals surface area contributed by atoms with E-state index in [0.717, 1.165) is 16.6 Å². The van der Waals surface area contributed by atoms with Crippen molar-refractivity contribution in [1.29, 1.82) is 0 Å². The van der Waals surface area contributed by atoms with Crippen LogP contribution in [0.2, 0.25) is 0 Å². The number of carbonyl (C=O) groups excluding carboxylic acids is 1. The summed E-state index contributed by atoms with van der Waals surface area (Å²) in [6.07, 6.45) is 1.03. The number of ether oxygens (including phenoxy) is 1. The van der Waals surface area contributed by atoms with E-state index < -0.39 is 15.9 Å². The molecule has 1 amide bonds. The van der Waals surface area contributed by atoms with Crippen molar-refractivity contribution in [3.8, 4) is 0 Å². The molecule has 2 atom stereocenters. The number of rotatable bonds is 6. The maximum Gasteiger partial charge on any atom is 0.279 e. The Balaban J connectivity index is 1.61. The van der Waals surface area contributed by atoms with Crippen LogP contribution in [0.3, 0.4) is 0 Å². The summed E-state index contributed by atoms with van der Waals surface area (Å²) in [7, 11) is -1.95. The zero-order chi connectivity index (χ0) is 23.6. The van der Waals surface area contributed by atoms with Crippen molar-refractivity contribution in [2.24, 2.45) is 16.8 Å². The zero-order valence-electron chi connectivity index (χ0n) is 19.1. The molecule has 3 aromatic rings. The van der Waals surface area contributed by atoms with E-state index in [2.05, 4.69) is 18.8 Å². The van der Waals surface area contributed by atoms with E-state index >= 15 is 0 Å². The van der Waals surface area contributed by atoms with Crippen LogP contribution < -0.4 is 4.80 Å². The summed E-state index contributed by atoms with van der Waals surface area (Å²) in [6, 6.07) is 14.0. The Morgan fingerprint density at radius 1 is 1.09 bits per heavy atom. The summed E-state index contributed by atoms with van der Waals surface area (Å²) in [5.41, 5.74) is 1.35. The number of fused-ring (bicyclic) bond motifs is 1. The van der Waals surface area contributed by atoms with Crippen LogP contribution in [0.15, 0.2) is 58.4 Å². The van der Waals surface area contributed by atoms with Crippen LogP contribution in [-0.4, -0.2) is 50.0 Å². The number of carbonyl (C=O) groups is 1. The summed E-state index contributed by atoms with van der Waals surface area (Å²) in [5, 5.41) is 0. The third kappa shape index (κ3) is 5.11. The van der Waals surface area contributed by atoms with E-state index in [4.69, 9.17) is 4.74 Å². The second-order valence-electron chi connectivity index (χ2n) is 8.71. The quantitative estimate of drug-likeness (QED) is 0.530. The Morgan fingerprint density at radius 2 is 1.76 bits per heavy atom. The first-order valence-electron chi connectivity index (χ1n) is 11.1. The first kappa shape index (κ1) is 23.8. The number of aromatic nitrogens is 1. The second kappa shape index (κ2) is 9.89. The monoisotopic (exact) mass is 487 g/mol. The summed E-state index contributed by atoms with van der Waals surface area (Å²) in [6.45, 7) is 6.29. The number of thiazole rings is 1. The van der Waals surface area contributed by atoms with Crippen molar-refractivity contribution < 1.29 is 17.9 Å². The molecule has 2 heterocycles. The first-order chi connectivity index (χ1) is 15.8. The first-order valence-corrected chi connectivity index (χ1v) is 13.3. The van der Waals surface area contributed by atoms with Crippen molar-refractivity contribution in [3.63, 3.8) is 0 Å². The predicted molar refractivity (Wildman–Crippen MR) is 130 cm³/mol. The molecule has 1 aliphatic heterocycles. The molecule has 1 fully saturated rings. The van der Waals surface area contributed by atoms with Crippen LogP contribution in [0.25, 0.3) is 10.2 Å². The zero-order valence-corrected chi connectivity index (χ0v) is 20.7. The van der Waals surface area contributed by atoms with Crippen molar-refractivity contribution in [2.45, 2.75) is 31.7 Å². The van der Waals surface area contributed by atoms with Crippen molar-refractivity contribution >= 4 is 37.5 Å². The smallest absolute Gasteiger partial charge is 0.279 e. The highest BCUT2D eigenvalue weighted by molar-refractivity contribution is 7.89. The van der Waals surface area contributed by atoms with Gasteiger partial charge in [-0.25, -0.2) is 8.42 Å². The number of hydrogen-bond donors (Lipinski definition) is 0. The lowest BCUT2D eigenvalue weighted by Crippen LogP contribution is -2.42. The molecule has 7 nitrogen and oxygen atoms in total. The maximum atomic E-state index is 13.1. The maximum absolute atomic E-state index is 13.1. The average Bonchev–Trinajstić information content (AvgIpc) is 3.14. The van der Waals surface area contributed by atoms with Gasteiger partial charge in [0, 0.05) is 32.3 Å². The molecule has 0 bridgehead atoms. The van der Waals surface area contributed by atoms with Gasteiger partial charge in [-0.2, -0.15) is 9.30 Å². The van der Waals surface area contributed by atoms with E-state index in [0.29, 0.717) is 48.4 Å². The third-order valence-electron chi connectivity index (χ3n) is 5.88. The Hall–Kier alpha value is -2.33. The molecular formula is C24H29N3O4S2. The van der Waals surface area contributed by atoms with Gasteiger partial charge in [0.1, 0.15) is 0 Å². The topological polar surface area (TPSA) is 81.0 Å². The molecule has 2 aromatic carbocycles. The fraction of sp³-hybridized carbons (Fsp3) is 0.417. The fourth-order valence-electron chi connectivity index (χ4n) is 4.38. The second-order valence-corrected chi connectivity index (χ2v) is 11.7. The molecule has 0 saturated carbocycles. The van der Waals surface area contributed by atoms with E-state index in [1.54, 1.807) is 23.5 Å². The lowest BCUT2D eigenvalue weighted by atomic mass is 9.94. The number of sulfonamides is 1. The van der Waals surface area contributed by atoms with Crippen LogP contribution in [0.5, 0.6) is 0 Å². The largest absolute Gasteiger partial charge is 0.383 e. The molecule has 0 N–H and O–H groups in total. The number of nitrogens with zero attached hydrogens (tertiary/aromatic N) is 3. The number of hydrogen-bond acceptors (Lipinski definition) is 5. The molecule has 1 aliphatic rings. The van der Waals surface area contributed by atoms with E-state index in [-0.39, 0.29) is 4.90 Å². The number of benzene rings is 2. The summed E-state index contributed by atoms with van der Waals surface area (Å²) in [5.74, 6) is 0.250. The van der Waals surface area contributed by atoms with Crippen LogP contribution in [0.4, 0.5) is 0 Å². The van der Waals surface area contributed by atoms with Gasteiger partial charge in [-0.05, 0) is 54.7 Å². The summed E-state index contributed by atoms with van der Waals surface area (Å²) < 4.78 is 36.0. The minimum absolute atomic E-state index is 0.206.